The number of aliphatic carboxylic acids is 2. The lowest BCUT2D eigenvalue weighted by atomic mass is 10.1. The summed E-state index contributed by atoms with van der Waals surface area (Å²) in [5, 5.41) is 33.3. The normalized spacial score (nSPS) is 12.8. The molecule has 0 bridgehead atoms. The second kappa shape index (κ2) is 23.8. The Morgan fingerprint density at radius 3 is 1.61 bits per heavy atom. The molecule has 0 spiro atoms. The summed E-state index contributed by atoms with van der Waals surface area (Å²) < 4.78 is 20.0. The predicted molar refractivity (Wildman–Crippen MR) is 167 cm³/mol. The average molecular weight is 724 g/mol. The first kappa shape index (κ1) is 43.6. The smallest absolute Gasteiger partial charge is 0.326 e. The molecule has 16 N–H and O–H groups in total. The van der Waals surface area contributed by atoms with Gasteiger partial charge in [0, 0.05) is 13.0 Å². The third-order valence-corrected chi connectivity index (χ3v) is 6.38. The van der Waals surface area contributed by atoms with Crippen LogP contribution >= 0.6 is 0 Å². The van der Waals surface area contributed by atoms with E-state index in [-0.39, 0.29) is 25.3 Å². The van der Waals surface area contributed by atoms with Gasteiger partial charge in [0.25, 0.3) is 0 Å². The molecule has 0 radical (unpaired) electrons. The quantitative estimate of drug-likeness (QED) is 0.0190. The molecule has 0 aromatic carbocycles. The SMILES string of the molecule is NCC(=O)N[C@@H](CS(=O)O)C(=O)NCC(=O)NCC(=O)NCC(=O)N[C@@H](CCC(=O)O)C(=O)NCC(=O)N[C@@H](CCCN=C(N)N)C(=O)O. The zero-order valence-electron chi connectivity index (χ0n) is 26.0. The fraction of sp³-hybridized carbons (Fsp3) is 0.583. The maximum absolute atomic E-state index is 12.6. The zero-order valence-corrected chi connectivity index (χ0v) is 26.8. The first-order chi connectivity index (χ1) is 22.9. The van der Waals surface area contributed by atoms with Crippen molar-refractivity contribution in [3.8, 4) is 0 Å². The van der Waals surface area contributed by atoms with Crippen LogP contribution in [-0.4, -0.2) is 141 Å². The van der Waals surface area contributed by atoms with E-state index in [1.807, 2.05) is 0 Å². The molecule has 0 fully saturated rings. The summed E-state index contributed by atoms with van der Waals surface area (Å²) in [6, 6.07) is -4.28. The summed E-state index contributed by atoms with van der Waals surface area (Å²) >= 11 is -2.48. The van der Waals surface area contributed by atoms with Gasteiger partial charge in [-0.05, 0) is 19.3 Å². The van der Waals surface area contributed by atoms with Crippen LogP contribution in [-0.2, 0) is 54.2 Å². The van der Waals surface area contributed by atoms with E-state index >= 15 is 0 Å². The van der Waals surface area contributed by atoms with Crippen molar-refractivity contribution in [1.82, 2.24) is 37.2 Å². The Morgan fingerprint density at radius 2 is 1.12 bits per heavy atom. The molecule has 0 saturated carbocycles. The minimum atomic E-state index is -2.48. The van der Waals surface area contributed by atoms with E-state index in [2.05, 4.69) is 42.2 Å². The van der Waals surface area contributed by atoms with E-state index in [1.165, 1.54) is 0 Å². The van der Waals surface area contributed by atoms with Crippen LogP contribution in [0.15, 0.2) is 4.99 Å². The van der Waals surface area contributed by atoms with Gasteiger partial charge in [-0.25, -0.2) is 9.00 Å². The molecule has 0 aliphatic heterocycles. The summed E-state index contributed by atoms with van der Waals surface area (Å²) in [5.74, 6) is -9.97. The van der Waals surface area contributed by atoms with Gasteiger partial charge >= 0.3 is 11.9 Å². The molecule has 0 heterocycles. The second-order valence-corrected chi connectivity index (χ2v) is 10.7. The summed E-state index contributed by atoms with van der Waals surface area (Å²) in [4.78, 5) is 111. The number of hydrogen-bond acceptors (Lipinski definition) is 12. The van der Waals surface area contributed by atoms with E-state index in [1.54, 1.807) is 0 Å². The molecule has 1 unspecified atom stereocenters. The highest BCUT2D eigenvalue weighted by molar-refractivity contribution is 7.79. The maximum atomic E-state index is 12.6. The van der Waals surface area contributed by atoms with Crippen molar-refractivity contribution in [2.24, 2.45) is 22.2 Å². The predicted octanol–water partition coefficient (Wildman–Crippen LogP) is -7.91. The number of carbonyl (C=O) groups is 9. The minimum Gasteiger partial charge on any atom is -0.481 e. The Bertz CT molecular complexity index is 1280. The number of nitrogens with one attached hydrogen (secondary N) is 7. The molecular weight excluding hydrogens is 682 g/mol. The number of aliphatic imine (C=N–C) groups is 1. The van der Waals surface area contributed by atoms with E-state index in [0.29, 0.717) is 0 Å². The lowest BCUT2D eigenvalue weighted by Gasteiger charge is -2.19. The van der Waals surface area contributed by atoms with Crippen LogP contribution in [0.3, 0.4) is 0 Å². The van der Waals surface area contributed by atoms with Crippen molar-refractivity contribution >= 4 is 70.3 Å². The number of hydrogen-bond donors (Lipinski definition) is 13. The Labute approximate surface area is 280 Å². The van der Waals surface area contributed by atoms with E-state index in [9.17, 15) is 52.5 Å². The topological polar surface area (TPSA) is 406 Å². The third-order valence-electron chi connectivity index (χ3n) is 5.76. The monoisotopic (exact) mass is 723 g/mol. The molecule has 7 amide bonds. The van der Waals surface area contributed by atoms with Crippen LogP contribution in [0, 0.1) is 0 Å². The number of rotatable bonds is 24. The minimum absolute atomic E-state index is 0.0402. The van der Waals surface area contributed by atoms with Crippen LogP contribution in [0.2, 0.25) is 0 Å². The van der Waals surface area contributed by atoms with Gasteiger partial charge in [-0.15, -0.1) is 0 Å². The average Bonchev–Trinajstić information content (AvgIpc) is 3.02. The fourth-order valence-corrected chi connectivity index (χ4v) is 3.95. The first-order valence-corrected chi connectivity index (χ1v) is 15.5. The van der Waals surface area contributed by atoms with Crippen molar-refractivity contribution in [1.29, 1.82) is 0 Å². The highest BCUT2D eigenvalue weighted by Gasteiger charge is 2.25. The number of carbonyl (C=O) groups excluding carboxylic acids is 7. The second-order valence-electron chi connectivity index (χ2n) is 9.76. The molecule has 0 aliphatic carbocycles. The maximum Gasteiger partial charge on any atom is 0.326 e. The summed E-state index contributed by atoms with van der Waals surface area (Å²) in [5.41, 5.74) is 15.5. The zero-order chi connectivity index (χ0) is 37.5. The number of nitrogens with zero attached hydrogens (tertiary/aromatic N) is 1. The van der Waals surface area contributed by atoms with Gasteiger partial charge in [0.2, 0.25) is 41.4 Å². The van der Waals surface area contributed by atoms with Crippen molar-refractivity contribution in [3.05, 3.63) is 0 Å². The number of nitrogens with two attached hydrogens (primary N) is 3. The molecule has 4 atom stereocenters. The van der Waals surface area contributed by atoms with Crippen LogP contribution < -0.4 is 54.4 Å². The van der Waals surface area contributed by atoms with Crippen molar-refractivity contribution < 1.29 is 62.1 Å². The molecule has 276 valence electrons. The molecule has 0 aromatic rings. The highest BCUT2D eigenvalue weighted by atomic mass is 32.2. The fourth-order valence-electron chi connectivity index (χ4n) is 3.43. The molecule has 49 heavy (non-hydrogen) atoms. The molecule has 24 nitrogen and oxygen atoms in total. The van der Waals surface area contributed by atoms with Gasteiger partial charge in [0.15, 0.2) is 17.0 Å². The summed E-state index contributed by atoms with van der Waals surface area (Å²) in [7, 11) is 0. The van der Waals surface area contributed by atoms with Gasteiger partial charge in [-0.1, -0.05) is 0 Å². The largest absolute Gasteiger partial charge is 0.481 e. The van der Waals surface area contributed by atoms with Gasteiger partial charge < -0.3 is 69.2 Å². The van der Waals surface area contributed by atoms with Crippen LogP contribution in [0.1, 0.15) is 25.7 Å². The number of carboxylic acids is 2. The summed E-state index contributed by atoms with van der Waals surface area (Å²) in [6.45, 7) is -3.24. The molecule has 0 aliphatic rings. The van der Waals surface area contributed by atoms with Crippen LogP contribution in [0.25, 0.3) is 0 Å². The molecule has 0 rings (SSSR count). The van der Waals surface area contributed by atoms with E-state index in [4.69, 9.17) is 26.9 Å². The Morgan fingerprint density at radius 1 is 0.653 bits per heavy atom. The summed E-state index contributed by atoms with van der Waals surface area (Å²) in [6.07, 6.45) is -0.824. The number of carboxylic acid groups (broad SMARTS) is 2. The highest BCUT2D eigenvalue weighted by Crippen LogP contribution is 2.00. The van der Waals surface area contributed by atoms with Crippen molar-refractivity contribution in [2.75, 3.05) is 45.0 Å². The van der Waals surface area contributed by atoms with Gasteiger partial charge in [0.1, 0.15) is 18.1 Å². The Balaban J connectivity index is 4.85. The lowest BCUT2D eigenvalue weighted by Crippen LogP contribution is -2.53. The number of guanidine groups is 1. The van der Waals surface area contributed by atoms with Crippen molar-refractivity contribution in [2.45, 2.75) is 43.8 Å². The standard InChI is InChI=1S/C24H41N11O13S/c25-6-15(36)35-14(11-49(47)48)22(44)31-8-17(38)29-7-16(37)30-9-18(39)33-12(3-4-20(41)42)21(43)32-10-19(40)34-13(23(45)46)2-1-5-28-24(26)27/h12-14H,1-11,25H2,(H,29,38)(H,30,37)(H,31,44)(H,32,43)(H,33,39)(H,34,40)(H,35,36)(H,41,42)(H,45,46)(H,47,48)(H4,26,27,28)/t12-,13-,14-/m0/s1. The Kier molecular flexibility index (Phi) is 21.2. The molecular formula is C24H41N11O13S. The molecule has 25 heteroatoms. The van der Waals surface area contributed by atoms with Gasteiger partial charge in [-0.2, -0.15) is 0 Å². The van der Waals surface area contributed by atoms with E-state index < -0.39 is 134 Å². The molecule has 0 saturated heterocycles. The van der Waals surface area contributed by atoms with Gasteiger partial charge in [0.05, 0.1) is 38.5 Å². The first-order valence-electron chi connectivity index (χ1n) is 14.2. The lowest BCUT2D eigenvalue weighted by molar-refractivity contribution is -0.142. The van der Waals surface area contributed by atoms with Crippen LogP contribution in [0.5, 0.6) is 0 Å². The van der Waals surface area contributed by atoms with Crippen molar-refractivity contribution in [3.63, 3.8) is 0 Å². The van der Waals surface area contributed by atoms with E-state index in [0.717, 1.165) is 0 Å². The third kappa shape index (κ3) is 21.9. The van der Waals surface area contributed by atoms with Crippen LogP contribution in [0.4, 0.5) is 0 Å². The number of amides is 7. The van der Waals surface area contributed by atoms with Gasteiger partial charge in [-0.3, -0.25) is 43.3 Å². The molecule has 0 aromatic heterocycles. The Hall–Kier alpha value is -5.43.